The van der Waals surface area contributed by atoms with Crippen LogP contribution >= 0.6 is 11.3 Å². The van der Waals surface area contributed by atoms with E-state index in [0.29, 0.717) is 6.54 Å². The second-order valence-corrected chi connectivity index (χ2v) is 8.01. The fourth-order valence-corrected chi connectivity index (χ4v) is 4.79. The summed E-state index contributed by atoms with van der Waals surface area (Å²) in [6, 6.07) is 9.98. The van der Waals surface area contributed by atoms with E-state index in [4.69, 9.17) is 4.74 Å². The Morgan fingerprint density at radius 1 is 1.23 bits per heavy atom. The number of rotatable bonds is 4. The topological polar surface area (TPSA) is 68.3 Å². The lowest BCUT2D eigenvalue weighted by Gasteiger charge is -2.35. The van der Waals surface area contributed by atoms with Gasteiger partial charge in [0, 0.05) is 10.9 Å². The average molecular weight is 370 g/mol. The van der Waals surface area contributed by atoms with Crippen molar-refractivity contribution in [3.63, 3.8) is 0 Å². The summed E-state index contributed by atoms with van der Waals surface area (Å²) in [6.45, 7) is 0.386. The summed E-state index contributed by atoms with van der Waals surface area (Å²) < 4.78 is 5.62. The molecule has 2 aliphatic rings. The molecule has 1 atom stereocenters. The largest absolute Gasteiger partial charge is 0.458 e. The molecule has 1 aliphatic carbocycles. The van der Waals surface area contributed by atoms with Crippen molar-refractivity contribution in [2.45, 2.75) is 50.7 Å². The summed E-state index contributed by atoms with van der Waals surface area (Å²) in [5.41, 5.74) is 1.41. The number of amides is 1. The number of hydrogen-bond acceptors (Lipinski definition) is 5. The lowest BCUT2D eigenvalue weighted by Crippen LogP contribution is -2.45. The third-order valence-electron chi connectivity index (χ3n) is 5.37. The molecule has 4 rings (SSSR count). The number of aromatic nitrogens is 1. The molecular weight excluding hydrogens is 348 g/mol. The normalized spacial score (nSPS) is 21.5. The van der Waals surface area contributed by atoms with E-state index in [0.717, 1.165) is 48.4 Å². The van der Waals surface area contributed by atoms with Gasteiger partial charge < -0.3 is 10.1 Å². The Morgan fingerprint density at radius 3 is 2.77 bits per heavy atom. The van der Waals surface area contributed by atoms with Gasteiger partial charge >= 0.3 is 5.97 Å². The molecule has 5 nitrogen and oxygen atoms in total. The fourth-order valence-electron chi connectivity index (χ4n) is 4.04. The maximum absolute atomic E-state index is 12.7. The molecule has 1 aromatic heterocycles. The van der Waals surface area contributed by atoms with E-state index in [2.05, 4.69) is 10.3 Å². The Kier molecular flexibility index (Phi) is 4.76. The molecule has 26 heavy (non-hydrogen) atoms. The van der Waals surface area contributed by atoms with Crippen LogP contribution in [-0.4, -0.2) is 22.5 Å². The van der Waals surface area contributed by atoms with Crippen LogP contribution in [0.4, 0.5) is 0 Å². The summed E-state index contributed by atoms with van der Waals surface area (Å²) in [6.07, 6.45) is 4.97. The number of hydrogen-bond donors (Lipinski definition) is 1. The van der Waals surface area contributed by atoms with Crippen molar-refractivity contribution in [2.24, 2.45) is 5.92 Å². The Bertz CT molecular complexity index is 796. The Morgan fingerprint density at radius 2 is 2.00 bits per heavy atom. The second-order valence-electron chi connectivity index (χ2n) is 7.07. The smallest absolute Gasteiger partial charge is 0.307 e. The zero-order valence-corrected chi connectivity index (χ0v) is 15.4. The van der Waals surface area contributed by atoms with Crippen molar-refractivity contribution in [3.8, 4) is 11.3 Å². The predicted octanol–water partition coefficient (Wildman–Crippen LogP) is 3.69. The van der Waals surface area contributed by atoms with Gasteiger partial charge in [0.1, 0.15) is 10.6 Å². The monoisotopic (exact) mass is 370 g/mol. The molecular formula is C20H22N2O3S. The molecule has 0 bridgehead atoms. The zero-order chi connectivity index (χ0) is 18.0. The number of carbonyl (C=O) groups excluding carboxylic acids is 2. The van der Waals surface area contributed by atoms with Crippen molar-refractivity contribution in [1.82, 2.24) is 10.3 Å². The van der Waals surface area contributed by atoms with Gasteiger partial charge in [0.15, 0.2) is 0 Å². The van der Waals surface area contributed by atoms with Crippen LogP contribution < -0.4 is 5.32 Å². The molecule has 1 saturated heterocycles. The van der Waals surface area contributed by atoms with Gasteiger partial charge in [-0.1, -0.05) is 36.8 Å². The lowest BCUT2D eigenvalue weighted by atomic mass is 9.75. The van der Waals surface area contributed by atoms with E-state index >= 15 is 0 Å². The summed E-state index contributed by atoms with van der Waals surface area (Å²) in [5, 5.41) is 5.84. The number of benzene rings is 1. The first kappa shape index (κ1) is 17.2. The highest BCUT2D eigenvalue weighted by atomic mass is 32.1. The summed E-state index contributed by atoms with van der Waals surface area (Å²) in [4.78, 5) is 29.2. The molecule has 1 N–H and O–H groups in total. The maximum atomic E-state index is 12.7. The van der Waals surface area contributed by atoms with Gasteiger partial charge in [0.2, 0.25) is 5.91 Å². The van der Waals surface area contributed by atoms with E-state index in [-0.39, 0.29) is 24.2 Å². The maximum Gasteiger partial charge on any atom is 0.307 e. The number of nitrogens with one attached hydrogen (secondary N) is 1. The van der Waals surface area contributed by atoms with Gasteiger partial charge in [-0.05, 0) is 25.7 Å². The van der Waals surface area contributed by atoms with Crippen molar-refractivity contribution < 1.29 is 14.3 Å². The quantitative estimate of drug-likeness (QED) is 0.834. The molecule has 6 heteroatoms. The number of nitrogens with zero attached hydrogens (tertiary/aromatic N) is 1. The first-order chi connectivity index (χ1) is 12.7. The SMILES string of the molecule is O=C1C[C@@H](C(=O)NCc2nc(-c3ccccc3)cs2)C2(CCCCC2)O1. The van der Waals surface area contributed by atoms with Crippen LogP contribution in [-0.2, 0) is 20.9 Å². The second kappa shape index (κ2) is 7.19. The highest BCUT2D eigenvalue weighted by Gasteiger charge is 2.52. The van der Waals surface area contributed by atoms with Crippen LogP contribution in [0, 0.1) is 5.92 Å². The first-order valence-corrected chi connectivity index (χ1v) is 10.0. The number of carbonyl (C=O) groups is 2. The van der Waals surface area contributed by atoms with Crippen LogP contribution in [0.25, 0.3) is 11.3 Å². The van der Waals surface area contributed by atoms with Crippen LogP contribution in [0.2, 0.25) is 0 Å². The molecule has 2 fully saturated rings. The highest BCUT2D eigenvalue weighted by molar-refractivity contribution is 7.09. The van der Waals surface area contributed by atoms with E-state index in [1.165, 1.54) is 11.3 Å². The molecule has 1 aromatic carbocycles. The molecule has 1 saturated carbocycles. The van der Waals surface area contributed by atoms with E-state index in [1.807, 2.05) is 35.7 Å². The Hall–Kier alpha value is -2.21. The van der Waals surface area contributed by atoms with Gasteiger partial charge in [0.05, 0.1) is 24.6 Å². The van der Waals surface area contributed by atoms with Crippen molar-refractivity contribution in [1.29, 1.82) is 0 Å². The molecule has 2 aromatic rings. The molecule has 136 valence electrons. The predicted molar refractivity (Wildman–Crippen MR) is 99.4 cm³/mol. The molecule has 2 heterocycles. The van der Waals surface area contributed by atoms with E-state index in [1.54, 1.807) is 0 Å². The minimum Gasteiger partial charge on any atom is -0.458 e. The van der Waals surface area contributed by atoms with Gasteiger partial charge in [-0.15, -0.1) is 11.3 Å². The number of esters is 1. The van der Waals surface area contributed by atoms with Gasteiger partial charge in [-0.3, -0.25) is 9.59 Å². The van der Waals surface area contributed by atoms with Crippen LogP contribution in [0.5, 0.6) is 0 Å². The van der Waals surface area contributed by atoms with Crippen molar-refractivity contribution in [2.75, 3.05) is 0 Å². The Labute approximate surface area is 156 Å². The van der Waals surface area contributed by atoms with Crippen LogP contribution in [0.1, 0.15) is 43.5 Å². The van der Waals surface area contributed by atoms with Gasteiger partial charge in [-0.25, -0.2) is 4.98 Å². The van der Waals surface area contributed by atoms with Gasteiger partial charge in [-0.2, -0.15) is 0 Å². The van der Waals surface area contributed by atoms with Crippen molar-refractivity contribution >= 4 is 23.2 Å². The van der Waals surface area contributed by atoms with Gasteiger partial charge in [0.25, 0.3) is 0 Å². The Balaban J connectivity index is 1.41. The van der Waals surface area contributed by atoms with E-state index in [9.17, 15) is 9.59 Å². The summed E-state index contributed by atoms with van der Waals surface area (Å²) in [7, 11) is 0. The molecule has 0 unspecified atom stereocenters. The van der Waals surface area contributed by atoms with E-state index < -0.39 is 5.60 Å². The lowest BCUT2D eigenvalue weighted by molar-refractivity contribution is -0.153. The summed E-state index contributed by atoms with van der Waals surface area (Å²) in [5.74, 6) is -0.703. The van der Waals surface area contributed by atoms with Crippen molar-refractivity contribution in [3.05, 3.63) is 40.7 Å². The zero-order valence-electron chi connectivity index (χ0n) is 14.6. The average Bonchev–Trinajstić information content (AvgIpc) is 3.26. The third kappa shape index (κ3) is 3.38. The number of ether oxygens (including phenoxy) is 1. The highest BCUT2D eigenvalue weighted by Crippen LogP contribution is 2.44. The van der Waals surface area contributed by atoms with Crippen LogP contribution in [0.15, 0.2) is 35.7 Å². The first-order valence-electron chi connectivity index (χ1n) is 9.16. The molecule has 1 amide bonds. The minimum absolute atomic E-state index is 0.0887. The van der Waals surface area contributed by atoms with Crippen LogP contribution in [0.3, 0.4) is 0 Å². The molecule has 0 radical (unpaired) electrons. The molecule has 1 aliphatic heterocycles. The number of thiazole rings is 1. The summed E-state index contributed by atoms with van der Waals surface area (Å²) >= 11 is 1.53. The fraction of sp³-hybridized carbons (Fsp3) is 0.450. The molecule has 1 spiro atoms. The third-order valence-corrected chi connectivity index (χ3v) is 6.22. The minimum atomic E-state index is -0.572. The standard InChI is InChI=1S/C20H22N2O3S/c23-18-11-15(20(25-18)9-5-2-6-10-20)19(24)21-12-17-22-16(13-26-17)14-7-3-1-4-8-14/h1,3-4,7-8,13,15H,2,5-6,9-12H2,(H,21,24)/t15-/m0/s1.